The van der Waals surface area contributed by atoms with Crippen molar-refractivity contribution in [2.45, 2.75) is 25.8 Å². The Kier molecular flexibility index (Phi) is 5.06. The number of imidazole rings is 1. The summed E-state index contributed by atoms with van der Waals surface area (Å²) in [6.07, 6.45) is 5.11. The smallest absolute Gasteiger partial charge is 0.251 e. The third kappa shape index (κ3) is 3.90. The Morgan fingerprint density at radius 2 is 1.88 bits per heavy atom. The second-order valence-electron chi connectivity index (χ2n) is 5.73. The molecular formula is C20H21N3O. The SMILES string of the molecule is CCc1ccc(C(=O)NC(Cc2ncc[nH]2)c2ccccc2)cc1. The van der Waals surface area contributed by atoms with Gasteiger partial charge in [-0.2, -0.15) is 0 Å². The molecule has 24 heavy (non-hydrogen) atoms. The molecule has 3 aromatic rings. The van der Waals surface area contributed by atoms with E-state index in [0.29, 0.717) is 12.0 Å². The molecule has 0 spiro atoms. The maximum atomic E-state index is 12.6. The summed E-state index contributed by atoms with van der Waals surface area (Å²) in [5.41, 5.74) is 2.96. The lowest BCUT2D eigenvalue weighted by Crippen LogP contribution is -2.30. The van der Waals surface area contributed by atoms with Gasteiger partial charge >= 0.3 is 0 Å². The van der Waals surface area contributed by atoms with E-state index in [4.69, 9.17) is 0 Å². The number of benzene rings is 2. The van der Waals surface area contributed by atoms with E-state index in [-0.39, 0.29) is 11.9 Å². The van der Waals surface area contributed by atoms with Crippen LogP contribution in [-0.4, -0.2) is 15.9 Å². The number of hydrogen-bond acceptors (Lipinski definition) is 2. The van der Waals surface area contributed by atoms with Crippen molar-refractivity contribution in [2.24, 2.45) is 0 Å². The Bertz CT molecular complexity index is 764. The van der Waals surface area contributed by atoms with Crippen molar-refractivity contribution in [3.05, 3.63) is 89.5 Å². The summed E-state index contributed by atoms with van der Waals surface area (Å²) in [5.74, 6) is 0.781. The normalized spacial score (nSPS) is 11.9. The fourth-order valence-corrected chi connectivity index (χ4v) is 2.67. The minimum Gasteiger partial charge on any atom is -0.349 e. The van der Waals surface area contributed by atoms with E-state index in [1.165, 1.54) is 5.56 Å². The van der Waals surface area contributed by atoms with Crippen molar-refractivity contribution >= 4 is 5.91 Å². The van der Waals surface area contributed by atoms with Crippen LogP contribution in [0.2, 0.25) is 0 Å². The third-order valence-electron chi connectivity index (χ3n) is 4.08. The van der Waals surface area contributed by atoms with Gasteiger partial charge in [0.25, 0.3) is 5.91 Å². The topological polar surface area (TPSA) is 57.8 Å². The quantitative estimate of drug-likeness (QED) is 0.728. The van der Waals surface area contributed by atoms with E-state index in [2.05, 4.69) is 22.2 Å². The first kappa shape index (κ1) is 16.0. The highest BCUT2D eigenvalue weighted by molar-refractivity contribution is 5.94. The highest BCUT2D eigenvalue weighted by Crippen LogP contribution is 2.17. The van der Waals surface area contributed by atoms with Gasteiger partial charge in [0, 0.05) is 24.4 Å². The molecule has 2 N–H and O–H groups in total. The van der Waals surface area contributed by atoms with Gasteiger partial charge in [0.2, 0.25) is 0 Å². The van der Waals surface area contributed by atoms with Crippen LogP contribution in [0.15, 0.2) is 67.0 Å². The monoisotopic (exact) mass is 319 g/mol. The van der Waals surface area contributed by atoms with Gasteiger partial charge in [-0.05, 0) is 29.7 Å². The predicted molar refractivity (Wildman–Crippen MR) is 94.8 cm³/mol. The van der Waals surface area contributed by atoms with Gasteiger partial charge in [-0.25, -0.2) is 4.98 Å². The molecule has 1 unspecified atom stereocenters. The van der Waals surface area contributed by atoms with Crippen molar-refractivity contribution in [1.29, 1.82) is 0 Å². The minimum atomic E-state index is -0.129. The average molecular weight is 319 g/mol. The van der Waals surface area contributed by atoms with E-state index in [1.54, 1.807) is 12.4 Å². The lowest BCUT2D eigenvalue weighted by atomic mass is 10.0. The molecule has 0 aliphatic carbocycles. The van der Waals surface area contributed by atoms with Gasteiger partial charge < -0.3 is 10.3 Å². The molecule has 3 rings (SSSR count). The van der Waals surface area contributed by atoms with Gasteiger partial charge in [-0.3, -0.25) is 4.79 Å². The Balaban J connectivity index is 1.78. The summed E-state index contributed by atoms with van der Waals surface area (Å²) in [4.78, 5) is 20.0. The lowest BCUT2D eigenvalue weighted by Gasteiger charge is -2.18. The number of aromatic amines is 1. The van der Waals surface area contributed by atoms with Gasteiger partial charge in [-0.15, -0.1) is 0 Å². The largest absolute Gasteiger partial charge is 0.349 e. The molecule has 2 aromatic carbocycles. The molecule has 0 radical (unpaired) electrons. The van der Waals surface area contributed by atoms with Gasteiger partial charge in [0.05, 0.1) is 6.04 Å². The number of carbonyl (C=O) groups excluding carboxylic acids is 1. The Hall–Kier alpha value is -2.88. The van der Waals surface area contributed by atoms with Crippen LogP contribution in [0.3, 0.4) is 0 Å². The summed E-state index contributed by atoms with van der Waals surface area (Å²) in [5, 5.41) is 3.13. The number of nitrogens with one attached hydrogen (secondary N) is 2. The zero-order valence-corrected chi connectivity index (χ0v) is 13.7. The second-order valence-corrected chi connectivity index (χ2v) is 5.73. The second kappa shape index (κ2) is 7.59. The van der Waals surface area contributed by atoms with Gasteiger partial charge in [-0.1, -0.05) is 49.4 Å². The van der Waals surface area contributed by atoms with Crippen molar-refractivity contribution in [2.75, 3.05) is 0 Å². The summed E-state index contributed by atoms with van der Waals surface area (Å²) in [6.45, 7) is 2.10. The van der Waals surface area contributed by atoms with Crippen LogP contribution in [0.1, 0.15) is 40.3 Å². The highest BCUT2D eigenvalue weighted by Gasteiger charge is 2.17. The summed E-state index contributed by atoms with van der Waals surface area (Å²) in [6, 6.07) is 17.6. The molecule has 0 bridgehead atoms. The number of hydrogen-bond donors (Lipinski definition) is 2. The summed E-state index contributed by atoms with van der Waals surface area (Å²) in [7, 11) is 0. The molecule has 4 nitrogen and oxygen atoms in total. The molecule has 0 saturated carbocycles. The molecule has 122 valence electrons. The fraction of sp³-hybridized carbons (Fsp3) is 0.200. The molecule has 1 heterocycles. The fourth-order valence-electron chi connectivity index (χ4n) is 2.67. The maximum Gasteiger partial charge on any atom is 0.251 e. The van der Waals surface area contributed by atoms with Crippen LogP contribution in [0.4, 0.5) is 0 Å². The maximum absolute atomic E-state index is 12.6. The first-order chi connectivity index (χ1) is 11.8. The van der Waals surface area contributed by atoms with Crippen molar-refractivity contribution in [3.8, 4) is 0 Å². The number of H-pyrrole nitrogens is 1. The number of nitrogens with zero attached hydrogens (tertiary/aromatic N) is 1. The molecule has 0 fully saturated rings. The number of rotatable bonds is 6. The first-order valence-corrected chi connectivity index (χ1v) is 8.19. The molecular weight excluding hydrogens is 298 g/mol. The minimum absolute atomic E-state index is 0.0712. The summed E-state index contributed by atoms with van der Waals surface area (Å²) < 4.78 is 0. The molecule has 1 amide bonds. The standard InChI is InChI=1S/C20H21N3O/c1-2-15-8-10-17(11-9-15)20(24)23-18(14-19-21-12-13-22-19)16-6-4-3-5-7-16/h3-13,18H,2,14H2,1H3,(H,21,22)(H,23,24). The average Bonchev–Trinajstić information content (AvgIpc) is 3.15. The van der Waals surface area contributed by atoms with Crippen molar-refractivity contribution < 1.29 is 4.79 Å². The van der Waals surface area contributed by atoms with Crippen molar-refractivity contribution in [1.82, 2.24) is 15.3 Å². The Morgan fingerprint density at radius 1 is 1.12 bits per heavy atom. The van der Waals surface area contributed by atoms with Gasteiger partial charge in [0.1, 0.15) is 5.82 Å². The number of carbonyl (C=O) groups is 1. The predicted octanol–water partition coefficient (Wildman–Crippen LogP) is 3.69. The van der Waals surface area contributed by atoms with E-state index < -0.39 is 0 Å². The lowest BCUT2D eigenvalue weighted by molar-refractivity contribution is 0.0936. The van der Waals surface area contributed by atoms with E-state index in [9.17, 15) is 4.79 Å². The molecule has 0 aliphatic rings. The molecule has 4 heteroatoms. The van der Waals surface area contributed by atoms with E-state index in [0.717, 1.165) is 17.8 Å². The van der Waals surface area contributed by atoms with E-state index >= 15 is 0 Å². The zero-order valence-electron chi connectivity index (χ0n) is 13.7. The van der Waals surface area contributed by atoms with Crippen LogP contribution in [-0.2, 0) is 12.8 Å². The summed E-state index contributed by atoms with van der Waals surface area (Å²) >= 11 is 0. The van der Waals surface area contributed by atoms with Crippen LogP contribution in [0, 0.1) is 0 Å². The number of aromatic nitrogens is 2. The number of amides is 1. The zero-order chi connectivity index (χ0) is 16.8. The molecule has 0 aliphatic heterocycles. The van der Waals surface area contributed by atoms with Gasteiger partial charge in [0.15, 0.2) is 0 Å². The van der Waals surface area contributed by atoms with Crippen LogP contribution in [0.5, 0.6) is 0 Å². The third-order valence-corrected chi connectivity index (χ3v) is 4.08. The first-order valence-electron chi connectivity index (χ1n) is 8.19. The van der Waals surface area contributed by atoms with Crippen LogP contribution < -0.4 is 5.32 Å². The number of aryl methyl sites for hydroxylation is 1. The van der Waals surface area contributed by atoms with E-state index in [1.807, 2.05) is 54.6 Å². The highest BCUT2D eigenvalue weighted by atomic mass is 16.1. The van der Waals surface area contributed by atoms with Crippen LogP contribution in [0.25, 0.3) is 0 Å². The van der Waals surface area contributed by atoms with Crippen LogP contribution >= 0.6 is 0 Å². The molecule has 0 saturated heterocycles. The molecule has 1 atom stereocenters. The van der Waals surface area contributed by atoms with Crippen molar-refractivity contribution in [3.63, 3.8) is 0 Å². The molecule has 1 aromatic heterocycles. The Morgan fingerprint density at radius 3 is 2.50 bits per heavy atom. The Labute approximate surface area is 142 Å².